The molecule has 3 heterocycles. The average molecular weight is 299 g/mol. The summed E-state index contributed by atoms with van der Waals surface area (Å²) in [5.41, 5.74) is 1.05. The second-order valence-corrected chi connectivity index (χ2v) is 5.58. The van der Waals surface area contributed by atoms with E-state index in [9.17, 15) is 4.79 Å². The van der Waals surface area contributed by atoms with Crippen molar-refractivity contribution in [3.63, 3.8) is 0 Å². The fourth-order valence-corrected chi connectivity index (χ4v) is 2.96. The van der Waals surface area contributed by atoms with Crippen molar-refractivity contribution in [2.75, 3.05) is 0 Å². The van der Waals surface area contributed by atoms with Crippen LogP contribution < -0.4 is 0 Å². The van der Waals surface area contributed by atoms with E-state index >= 15 is 0 Å². The zero-order valence-corrected chi connectivity index (χ0v) is 12.2. The first-order chi connectivity index (χ1) is 10.2. The zero-order valence-electron chi connectivity index (χ0n) is 11.4. The van der Waals surface area contributed by atoms with Gasteiger partial charge in [-0.3, -0.25) is 15.2 Å². The third kappa shape index (κ3) is 2.64. The van der Waals surface area contributed by atoms with Crippen molar-refractivity contribution in [3.05, 3.63) is 35.7 Å². The summed E-state index contributed by atoms with van der Waals surface area (Å²) in [6.45, 7) is 2.06. The number of nitrogens with one attached hydrogen (secondary N) is 1. The number of pyridine rings is 1. The molecule has 1 aromatic rings. The van der Waals surface area contributed by atoms with Crippen LogP contribution in [0.4, 0.5) is 0 Å². The van der Waals surface area contributed by atoms with Crippen LogP contribution >= 0.6 is 11.8 Å². The molecule has 0 aliphatic carbocycles. The third-order valence-corrected chi connectivity index (χ3v) is 3.95. The number of amidine groups is 2. The van der Waals surface area contributed by atoms with Gasteiger partial charge < -0.3 is 0 Å². The topological polar surface area (TPSA) is 81.8 Å². The van der Waals surface area contributed by atoms with Crippen molar-refractivity contribution < 1.29 is 4.79 Å². The van der Waals surface area contributed by atoms with Crippen molar-refractivity contribution in [2.24, 2.45) is 10.1 Å². The molecule has 3 rings (SSSR count). The van der Waals surface area contributed by atoms with Gasteiger partial charge in [0, 0.05) is 12.4 Å². The number of nitrogens with zero attached hydrogens (tertiary/aromatic N) is 4. The molecule has 1 amide bonds. The molecule has 0 fully saturated rings. The molecular weight excluding hydrogens is 286 g/mol. The maximum absolute atomic E-state index is 12.1. The van der Waals surface area contributed by atoms with Gasteiger partial charge in [0.15, 0.2) is 5.84 Å². The summed E-state index contributed by atoms with van der Waals surface area (Å²) >= 11 is 1.36. The molecule has 0 unspecified atom stereocenters. The molecule has 106 valence electrons. The van der Waals surface area contributed by atoms with Gasteiger partial charge in [0.25, 0.3) is 5.91 Å². The maximum Gasteiger partial charge on any atom is 0.283 e. The van der Waals surface area contributed by atoms with E-state index in [2.05, 4.69) is 22.0 Å². The van der Waals surface area contributed by atoms with Crippen LogP contribution in [-0.2, 0) is 4.79 Å². The summed E-state index contributed by atoms with van der Waals surface area (Å²) in [6.07, 6.45) is 6.71. The number of thioether (sulfide) groups is 1. The van der Waals surface area contributed by atoms with Crippen LogP contribution in [0.2, 0.25) is 0 Å². The number of hydrogen-bond donors (Lipinski definition) is 1. The Kier molecular flexibility index (Phi) is 3.66. The van der Waals surface area contributed by atoms with Crippen molar-refractivity contribution >= 4 is 39.8 Å². The Morgan fingerprint density at radius 2 is 2.14 bits per heavy atom. The second kappa shape index (κ2) is 5.61. The predicted octanol–water partition coefficient (Wildman–Crippen LogP) is 2.50. The monoisotopic (exact) mass is 299 g/mol. The Labute approximate surface area is 126 Å². The van der Waals surface area contributed by atoms with Crippen LogP contribution in [0.15, 0.2) is 40.2 Å². The lowest BCUT2D eigenvalue weighted by atomic mass is 10.1. The molecule has 0 bridgehead atoms. The summed E-state index contributed by atoms with van der Waals surface area (Å²) < 4.78 is 0. The maximum atomic E-state index is 12.1. The van der Waals surface area contributed by atoms with Gasteiger partial charge in [-0.25, -0.2) is 0 Å². The van der Waals surface area contributed by atoms with E-state index in [1.165, 1.54) is 16.8 Å². The van der Waals surface area contributed by atoms with Crippen molar-refractivity contribution in [3.8, 4) is 0 Å². The first kappa shape index (κ1) is 13.7. The summed E-state index contributed by atoms with van der Waals surface area (Å²) in [7, 11) is 0. The normalized spacial score (nSPS) is 19.7. The molecular formula is C14H13N5OS. The average Bonchev–Trinajstić information content (AvgIpc) is 2.88. The summed E-state index contributed by atoms with van der Waals surface area (Å²) in [5.74, 6) is -0.330. The Morgan fingerprint density at radius 3 is 2.86 bits per heavy atom. The largest absolute Gasteiger partial charge is 0.283 e. The molecule has 21 heavy (non-hydrogen) atoms. The number of amides is 1. The highest BCUT2D eigenvalue weighted by molar-refractivity contribution is 8.26. The minimum atomic E-state index is -0.400. The lowest BCUT2D eigenvalue weighted by Crippen LogP contribution is -2.35. The summed E-state index contributed by atoms with van der Waals surface area (Å²) in [6, 6.07) is 3.55. The van der Waals surface area contributed by atoms with E-state index in [0.717, 1.165) is 23.4 Å². The summed E-state index contributed by atoms with van der Waals surface area (Å²) in [5, 5.41) is 15.3. The molecule has 0 saturated carbocycles. The molecule has 7 heteroatoms. The quantitative estimate of drug-likeness (QED) is 0.869. The van der Waals surface area contributed by atoms with Gasteiger partial charge in [-0.15, -0.1) is 0 Å². The van der Waals surface area contributed by atoms with Gasteiger partial charge in [0.2, 0.25) is 5.17 Å². The Bertz CT molecular complexity index is 693. The number of hydrazone groups is 1. The molecule has 2 aliphatic heterocycles. The minimum absolute atomic E-state index is 0.0698. The molecule has 0 spiro atoms. The van der Waals surface area contributed by atoms with Crippen LogP contribution in [0.25, 0.3) is 6.08 Å². The van der Waals surface area contributed by atoms with Gasteiger partial charge in [-0.2, -0.15) is 15.1 Å². The van der Waals surface area contributed by atoms with E-state index in [1.807, 2.05) is 0 Å². The molecule has 2 aliphatic rings. The minimum Gasteiger partial charge on any atom is -0.282 e. The van der Waals surface area contributed by atoms with E-state index in [-0.39, 0.29) is 11.4 Å². The van der Waals surface area contributed by atoms with Crippen molar-refractivity contribution in [1.82, 2.24) is 9.99 Å². The second-order valence-electron chi connectivity index (χ2n) is 4.54. The first-order valence-corrected chi connectivity index (χ1v) is 7.40. The first-order valence-electron chi connectivity index (χ1n) is 6.58. The highest BCUT2D eigenvalue weighted by Crippen LogP contribution is 2.29. The van der Waals surface area contributed by atoms with E-state index in [4.69, 9.17) is 5.41 Å². The SMILES string of the molecule is CCCC1=NN2C(=N)/C(=C/c3ccncc3)C(=O)N=C2S1. The van der Waals surface area contributed by atoms with Gasteiger partial charge in [0.05, 0.1) is 5.57 Å². The van der Waals surface area contributed by atoms with Gasteiger partial charge in [0.1, 0.15) is 5.04 Å². The van der Waals surface area contributed by atoms with Crippen LogP contribution in [-0.4, -0.2) is 31.9 Å². The number of carbonyl (C=O) groups is 1. The standard InChI is InChI=1S/C14H13N5OS/c1-2-3-11-18-19-12(15)10(13(20)17-14(19)21-11)8-9-4-6-16-7-5-9/h4-8,15H,2-3H2,1H3/b10-8-,15-12?. The van der Waals surface area contributed by atoms with E-state index < -0.39 is 5.91 Å². The van der Waals surface area contributed by atoms with Gasteiger partial charge in [-0.1, -0.05) is 6.92 Å². The lowest BCUT2D eigenvalue weighted by Gasteiger charge is -2.20. The van der Waals surface area contributed by atoms with E-state index in [1.54, 1.807) is 30.6 Å². The van der Waals surface area contributed by atoms with E-state index in [0.29, 0.717) is 5.17 Å². The van der Waals surface area contributed by atoms with Crippen LogP contribution in [0.1, 0.15) is 25.3 Å². The third-order valence-electron chi connectivity index (χ3n) is 2.98. The number of rotatable bonds is 3. The smallest absolute Gasteiger partial charge is 0.282 e. The van der Waals surface area contributed by atoms with Crippen molar-refractivity contribution in [1.29, 1.82) is 5.41 Å². The predicted molar refractivity (Wildman–Crippen MR) is 84.2 cm³/mol. The zero-order chi connectivity index (χ0) is 14.8. The van der Waals surface area contributed by atoms with Gasteiger partial charge >= 0.3 is 0 Å². The fraction of sp³-hybridized carbons (Fsp3) is 0.214. The molecule has 0 atom stereocenters. The van der Waals surface area contributed by atoms with Crippen LogP contribution in [0, 0.1) is 5.41 Å². The summed E-state index contributed by atoms with van der Waals surface area (Å²) in [4.78, 5) is 20.1. The molecule has 0 aromatic carbocycles. The molecule has 6 nitrogen and oxygen atoms in total. The molecule has 0 radical (unpaired) electrons. The number of aliphatic imine (C=N–C) groups is 1. The number of fused-ring (bicyclic) bond motifs is 1. The fourth-order valence-electron chi connectivity index (χ4n) is 1.97. The lowest BCUT2D eigenvalue weighted by molar-refractivity contribution is -0.114. The Hall–Kier alpha value is -2.28. The molecule has 1 N–H and O–H groups in total. The van der Waals surface area contributed by atoms with Gasteiger partial charge in [-0.05, 0) is 48.4 Å². The van der Waals surface area contributed by atoms with Crippen molar-refractivity contribution in [2.45, 2.75) is 19.8 Å². The Balaban J connectivity index is 1.94. The number of carbonyl (C=O) groups excluding carboxylic acids is 1. The molecule has 1 aromatic heterocycles. The highest BCUT2D eigenvalue weighted by atomic mass is 32.2. The number of hydrogen-bond acceptors (Lipinski definition) is 5. The van der Waals surface area contributed by atoms with Crippen LogP contribution in [0.3, 0.4) is 0 Å². The van der Waals surface area contributed by atoms with Crippen LogP contribution in [0.5, 0.6) is 0 Å². The highest BCUT2D eigenvalue weighted by Gasteiger charge is 2.35. The molecule has 0 saturated heterocycles. The number of aromatic nitrogens is 1. The Morgan fingerprint density at radius 1 is 1.38 bits per heavy atom.